The van der Waals surface area contributed by atoms with Gasteiger partial charge < -0.3 is 15.0 Å². The number of hydrogen-bond acceptors (Lipinski definition) is 4. The Morgan fingerprint density at radius 1 is 1.22 bits per heavy atom. The first-order valence-corrected chi connectivity index (χ1v) is 9.81. The van der Waals surface area contributed by atoms with Gasteiger partial charge in [0, 0.05) is 26.1 Å². The minimum Gasteiger partial charge on any atom is -0.466 e. The molecule has 1 aliphatic heterocycles. The first kappa shape index (κ1) is 20.9. The quantitative estimate of drug-likeness (QED) is 0.708. The van der Waals surface area contributed by atoms with E-state index in [4.69, 9.17) is 4.74 Å². The third-order valence-electron chi connectivity index (χ3n) is 4.91. The second-order valence-corrected chi connectivity index (χ2v) is 6.92. The van der Waals surface area contributed by atoms with Gasteiger partial charge in [-0.25, -0.2) is 0 Å². The van der Waals surface area contributed by atoms with Crippen LogP contribution in [0, 0.1) is 11.8 Å². The van der Waals surface area contributed by atoms with Crippen LogP contribution in [0.1, 0.15) is 38.7 Å². The highest BCUT2D eigenvalue weighted by Crippen LogP contribution is 2.18. The van der Waals surface area contributed by atoms with Crippen molar-refractivity contribution in [3.8, 4) is 0 Å². The number of carbonyl (C=O) groups excluding carboxylic acids is 3. The minimum absolute atomic E-state index is 0.0842. The summed E-state index contributed by atoms with van der Waals surface area (Å²) in [5.41, 5.74) is 1.03. The zero-order valence-electron chi connectivity index (χ0n) is 16.3. The molecule has 1 aromatic carbocycles. The molecule has 2 amide bonds. The first-order valence-electron chi connectivity index (χ1n) is 9.81. The van der Waals surface area contributed by atoms with Crippen molar-refractivity contribution in [2.24, 2.45) is 11.8 Å². The summed E-state index contributed by atoms with van der Waals surface area (Å²) in [6.45, 7) is 5.34. The standard InChI is InChI=1S/C21H30N2O4/c1-3-19(24)23-12-8-11-17(15-23)20(25)22-14-18(21(26)27-4-2)13-16-9-6-5-7-10-16/h5-7,9-10,17-18H,3-4,8,11-15H2,1-2H3,(H,22,25). The second-order valence-electron chi connectivity index (χ2n) is 6.92. The first-order chi connectivity index (χ1) is 13.0. The van der Waals surface area contributed by atoms with Crippen molar-refractivity contribution < 1.29 is 19.1 Å². The van der Waals surface area contributed by atoms with Gasteiger partial charge in [0.2, 0.25) is 11.8 Å². The number of nitrogens with zero attached hydrogens (tertiary/aromatic N) is 1. The lowest BCUT2D eigenvalue weighted by Gasteiger charge is -2.32. The Bertz CT molecular complexity index is 632. The monoisotopic (exact) mass is 374 g/mol. The zero-order chi connectivity index (χ0) is 19.6. The molecule has 148 valence electrons. The maximum atomic E-state index is 12.6. The van der Waals surface area contributed by atoms with E-state index < -0.39 is 5.92 Å². The van der Waals surface area contributed by atoms with E-state index in [1.54, 1.807) is 11.8 Å². The van der Waals surface area contributed by atoms with Crippen LogP contribution in [0.25, 0.3) is 0 Å². The van der Waals surface area contributed by atoms with E-state index >= 15 is 0 Å². The maximum Gasteiger partial charge on any atom is 0.311 e. The summed E-state index contributed by atoms with van der Waals surface area (Å²) >= 11 is 0. The van der Waals surface area contributed by atoms with E-state index in [9.17, 15) is 14.4 Å². The Labute approximate surface area is 161 Å². The minimum atomic E-state index is -0.423. The van der Waals surface area contributed by atoms with E-state index in [1.165, 1.54) is 0 Å². The van der Waals surface area contributed by atoms with Gasteiger partial charge in [-0.3, -0.25) is 14.4 Å². The molecule has 1 N–H and O–H groups in total. The van der Waals surface area contributed by atoms with Crippen LogP contribution in [-0.2, 0) is 25.5 Å². The highest BCUT2D eigenvalue weighted by atomic mass is 16.5. The molecule has 6 heteroatoms. The van der Waals surface area contributed by atoms with Gasteiger partial charge in [0.05, 0.1) is 18.4 Å². The Morgan fingerprint density at radius 2 is 1.96 bits per heavy atom. The van der Waals surface area contributed by atoms with Gasteiger partial charge in [-0.05, 0) is 31.7 Å². The van der Waals surface area contributed by atoms with Gasteiger partial charge in [-0.1, -0.05) is 37.3 Å². The topological polar surface area (TPSA) is 75.7 Å². The van der Waals surface area contributed by atoms with Crippen molar-refractivity contribution in [2.45, 2.75) is 39.5 Å². The van der Waals surface area contributed by atoms with Gasteiger partial charge in [-0.2, -0.15) is 0 Å². The van der Waals surface area contributed by atoms with Crippen molar-refractivity contribution in [1.29, 1.82) is 0 Å². The molecule has 2 unspecified atom stereocenters. The van der Waals surface area contributed by atoms with Crippen LogP contribution in [0.5, 0.6) is 0 Å². The fourth-order valence-corrected chi connectivity index (χ4v) is 3.41. The summed E-state index contributed by atoms with van der Waals surface area (Å²) in [6, 6.07) is 9.71. The van der Waals surface area contributed by atoms with Crippen LogP contribution in [0.2, 0.25) is 0 Å². The van der Waals surface area contributed by atoms with Crippen LogP contribution >= 0.6 is 0 Å². The van der Waals surface area contributed by atoms with Gasteiger partial charge in [0.15, 0.2) is 0 Å². The molecular weight excluding hydrogens is 344 g/mol. The maximum absolute atomic E-state index is 12.6. The normalized spacial score (nSPS) is 17.9. The van der Waals surface area contributed by atoms with Crippen LogP contribution in [0.15, 0.2) is 30.3 Å². The molecule has 1 aliphatic rings. The summed E-state index contributed by atoms with van der Waals surface area (Å²) in [7, 11) is 0. The number of esters is 1. The molecule has 0 aliphatic carbocycles. The molecule has 0 spiro atoms. The largest absolute Gasteiger partial charge is 0.466 e. The van der Waals surface area contributed by atoms with Gasteiger partial charge in [-0.15, -0.1) is 0 Å². The van der Waals surface area contributed by atoms with Crippen LogP contribution in [0.4, 0.5) is 0 Å². The SMILES string of the molecule is CCOC(=O)C(CNC(=O)C1CCCN(C(=O)CC)C1)Cc1ccccc1. The number of amides is 2. The Kier molecular flexibility index (Phi) is 8.30. The van der Waals surface area contributed by atoms with Gasteiger partial charge in [0.1, 0.15) is 0 Å². The Morgan fingerprint density at radius 3 is 2.63 bits per heavy atom. The highest BCUT2D eigenvalue weighted by Gasteiger charge is 2.29. The number of ether oxygens (including phenoxy) is 1. The molecule has 1 saturated heterocycles. The third-order valence-corrected chi connectivity index (χ3v) is 4.91. The predicted molar refractivity (Wildman–Crippen MR) is 103 cm³/mol. The van der Waals surface area contributed by atoms with E-state index in [0.29, 0.717) is 26.0 Å². The summed E-state index contributed by atoms with van der Waals surface area (Å²) < 4.78 is 5.17. The second kappa shape index (κ2) is 10.7. The predicted octanol–water partition coefficient (Wildman–Crippen LogP) is 2.17. The summed E-state index contributed by atoms with van der Waals surface area (Å²) in [6.07, 6.45) is 2.57. The Balaban J connectivity index is 1.93. The number of hydrogen-bond donors (Lipinski definition) is 1. The number of carbonyl (C=O) groups is 3. The molecular formula is C21H30N2O4. The van der Waals surface area contributed by atoms with Crippen molar-refractivity contribution in [3.05, 3.63) is 35.9 Å². The molecule has 1 heterocycles. The average Bonchev–Trinajstić information content (AvgIpc) is 2.71. The lowest BCUT2D eigenvalue weighted by molar-refractivity contribution is -0.148. The molecule has 6 nitrogen and oxygen atoms in total. The number of likely N-dealkylation sites (tertiary alicyclic amines) is 1. The number of rotatable bonds is 8. The fraction of sp³-hybridized carbons (Fsp3) is 0.571. The Hall–Kier alpha value is -2.37. The van der Waals surface area contributed by atoms with Gasteiger partial charge in [0.25, 0.3) is 0 Å². The molecule has 0 radical (unpaired) electrons. The smallest absolute Gasteiger partial charge is 0.311 e. The lowest BCUT2D eigenvalue weighted by atomic mass is 9.95. The van der Waals surface area contributed by atoms with E-state index in [0.717, 1.165) is 24.9 Å². The van der Waals surface area contributed by atoms with Crippen LogP contribution in [-0.4, -0.2) is 48.9 Å². The summed E-state index contributed by atoms with van der Waals surface area (Å²) in [5, 5.41) is 2.91. The fourth-order valence-electron chi connectivity index (χ4n) is 3.41. The molecule has 0 saturated carbocycles. The molecule has 1 aromatic rings. The molecule has 2 atom stereocenters. The van der Waals surface area contributed by atoms with E-state index in [1.807, 2.05) is 37.3 Å². The molecule has 0 aromatic heterocycles. The van der Waals surface area contributed by atoms with Crippen LogP contribution in [0.3, 0.4) is 0 Å². The average molecular weight is 374 g/mol. The number of piperidine rings is 1. The van der Waals surface area contributed by atoms with Crippen molar-refractivity contribution in [3.63, 3.8) is 0 Å². The van der Waals surface area contributed by atoms with E-state index in [-0.39, 0.29) is 30.2 Å². The third kappa shape index (κ3) is 6.38. The van der Waals surface area contributed by atoms with E-state index in [2.05, 4.69) is 5.32 Å². The molecule has 27 heavy (non-hydrogen) atoms. The van der Waals surface area contributed by atoms with Crippen LogP contribution < -0.4 is 5.32 Å². The van der Waals surface area contributed by atoms with Crippen molar-refractivity contribution in [2.75, 3.05) is 26.2 Å². The lowest BCUT2D eigenvalue weighted by Crippen LogP contribution is -2.46. The van der Waals surface area contributed by atoms with Gasteiger partial charge >= 0.3 is 5.97 Å². The number of benzene rings is 1. The summed E-state index contributed by atoms with van der Waals surface area (Å²) in [4.78, 5) is 38.5. The van der Waals surface area contributed by atoms with Crippen molar-refractivity contribution >= 4 is 17.8 Å². The summed E-state index contributed by atoms with van der Waals surface area (Å²) in [5.74, 6) is -0.942. The zero-order valence-corrected chi connectivity index (χ0v) is 16.3. The highest BCUT2D eigenvalue weighted by molar-refractivity contribution is 5.82. The van der Waals surface area contributed by atoms with Crippen molar-refractivity contribution in [1.82, 2.24) is 10.2 Å². The molecule has 0 bridgehead atoms. The molecule has 2 rings (SSSR count). The number of nitrogens with one attached hydrogen (secondary N) is 1. The molecule has 1 fully saturated rings.